The third kappa shape index (κ3) is 3.74. The number of carbonyl (C=O) groups is 2. The molecule has 30 heavy (non-hydrogen) atoms. The molecule has 1 unspecified atom stereocenters. The summed E-state index contributed by atoms with van der Waals surface area (Å²) in [6, 6.07) is 23.3. The second-order valence-corrected chi connectivity index (χ2v) is 7.15. The van der Waals surface area contributed by atoms with Crippen molar-refractivity contribution in [1.29, 1.82) is 0 Å². The quantitative estimate of drug-likeness (QED) is 0.389. The number of benzene rings is 3. The Bertz CT molecular complexity index is 1090. The number of aliphatic hydroxyl groups excluding tert-OH is 1. The van der Waals surface area contributed by atoms with Gasteiger partial charge >= 0.3 is 0 Å². The molecule has 1 heterocycles. The van der Waals surface area contributed by atoms with Crippen molar-refractivity contribution in [2.45, 2.75) is 12.5 Å². The Morgan fingerprint density at radius 1 is 0.867 bits per heavy atom. The molecule has 1 aliphatic rings. The summed E-state index contributed by atoms with van der Waals surface area (Å²) in [4.78, 5) is 27.3. The van der Waals surface area contributed by atoms with Crippen LogP contribution in [0.4, 0.5) is 4.39 Å². The molecule has 0 aromatic heterocycles. The van der Waals surface area contributed by atoms with Gasteiger partial charge in [-0.3, -0.25) is 9.59 Å². The Hall–Kier alpha value is -3.73. The molecule has 150 valence electrons. The first-order valence-corrected chi connectivity index (χ1v) is 9.69. The average Bonchev–Trinajstić information content (AvgIpc) is 3.04. The minimum Gasteiger partial charge on any atom is -0.507 e. The first kappa shape index (κ1) is 19.6. The van der Waals surface area contributed by atoms with Crippen LogP contribution in [0, 0.1) is 5.82 Å². The molecule has 3 aromatic carbocycles. The lowest BCUT2D eigenvalue weighted by Crippen LogP contribution is -2.31. The smallest absolute Gasteiger partial charge is 0.295 e. The average molecular weight is 401 g/mol. The lowest BCUT2D eigenvalue weighted by Gasteiger charge is -2.25. The number of carbonyl (C=O) groups excluding carboxylic acids is 2. The molecule has 1 amide bonds. The molecule has 1 saturated heterocycles. The number of hydrogen-bond donors (Lipinski definition) is 1. The standard InChI is InChI=1S/C25H20FNO3/c26-20-13-11-19(12-14-20)23(28)21-22(18-9-5-2-6-10-18)27(25(30)24(21)29)16-15-17-7-3-1-4-8-17/h1-14,22,28H,15-16H2/b23-21+. The fraction of sp³-hybridized carbons (Fsp3) is 0.120. The Balaban J connectivity index is 1.76. The monoisotopic (exact) mass is 401 g/mol. The van der Waals surface area contributed by atoms with Crippen molar-refractivity contribution in [1.82, 2.24) is 4.90 Å². The van der Waals surface area contributed by atoms with E-state index in [-0.39, 0.29) is 11.3 Å². The molecule has 0 radical (unpaired) electrons. The molecule has 1 N–H and O–H groups in total. The van der Waals surface area contributed by atoms with Gasteiger partial charge in [0.1, 0.15) is 11.6 Å². The third-order valence-electron chi connectivity index (χ3n) is 5.26. The van der Waals surface area contributed by atoms with Gasteiger partial charge in [-0.05, 0) is 41.8 Å². The summed E-state index contributed by atoms with van der Waals surface area (Å²) in [7, 11) is 0. The summed E-state index contributed by atoms with van der Waals surface area (Å²) in [5.41, 5.74) is 2.09. The van der Waals surface area contributed by atoms with E-state index in [9.17, 15) is 19.1 Å². The molecule has 0 bridgehead atoms. The minimum atomic E-state index is -0.737. The van der Waals surface area contributed by atoms with Gasteiger partial charge in [-0.25, -0.2) is 4.39 Å². The van der Waals surface area contributed by atoms with Crippen LogP contribution >= 0.6 is 0 Å². The van der Waals surface area contributed by atoms with Crippen LogP contribution in [0.25, 0.3) is 5.76 Å². The summed E-state index contributed by atoms with van der Waals surface area (Å²) >= 11 is 0. The summed E-state index contributed by atoms with van der Waals surface area (Å²) in [6.07, 6.45) is 0.577. The first-order chi connectivity index (χ1) is 14.6. The third-order valence-corrected chi connectivity index (χ3v) is 5.26. The maximum absolute atomic E-state index is 13.3. The summed E-state index contributed by atoms with van der Waals surface area (Å²) in [5.74, 6) is -2.14. The lowest BCUT2D eigenvalue weighted by molar-refractivity contribution is -0.139. The van der Waals surface area contributed by atoms with E-state index < -0.39 is 23.5 Å². The maximum Gasteiger partial charge on any atom is 0.295 e. The SMILES string of the molecule is O=C1C(=O)N(CCc2ccccc2)C(c2ccccc2)/C1=C(\O)c1ccc(F)cc1. The van der Waals surface area contributed by atoms with E-state index >= 15 is 0 Å². The maximum atomic E-state index is 13.3. The summed E-state index contributed by atoms with van der Waals surface area (Å²) in [6.45, 7) is 0.328. The number of halogens is 1. The molecule has 5 heteroatoms. The fourth-order valence-electron chi connectivity index (χ4n) is 3.75. The van der Waals surface area contributed by atoms with E-state index in [4.69, 9.17) is 0 Å². The second-order valence-electron chi connectivity index (χ2n) is 7.15. The van der Waals surface area contributed by atoms with Gasteiger partial charge in [-0.1, -0.05) is 60.7 Å². The molecule has 4 nitrogen and oxygen atoms in total. The lowest BCUT2D eigenvalue weighted by atomic mass is 9.95. The van der Waals surface area contributed by atoms with Crippen molar-refractivity contribution in [2.75, 3.05) is 6.54 Å². The van der Waals surface area contributed by atoms with Crippen molar-refractivity contribution in [3.8, 4) is 0 Å². The van der Waals surface area contributed by atoms with E-state index in [1.165, 1.54) is 29.2 Å². The Morgan fingerprint density at radius 3 is 2.10 bits per heavy atom. The number of amides is 1. The summed E-state index contributed by atoms with van der Waals surface area (Å²) < 4.78 is 13.3. The van der Waals surface area contributed by atoms with Gasteiger partial charge in [0.05, 0.1) is 11.6 Å². The molecular formula is C25H20FNO3. The summed E-state index contributed by atoms with van der Waals surface area (Å²) in [5, 5.41) is 10.9. The zero-order chi connectivity index (χ0) is 21.1. The molecule has 1 aliphatic heterocycles. The molecule has 1 fully saturated rings. The van der Waals surface area contributed by atoms with Crippen LogP contribution in [-0.4, -0.2) is 28.2 Å². The molecule has 0 aliphatic carbocycles. The number of ketones is 1. The molecule has 3 aromatic rings. The van der Waals surface area contributed by atoms with Gasteiger partial charge in [0, 0.05) is 12.1 Å². The van der Waals surface area contributed by atoms with E-state index in [0.717, 1.165) is 11.1 Å². The molecule has 0 spiro atoms. The van der Waals surface area contributed by atoms with Crippen molar-refractivity contribution >= 4 is 17.4 Å². The second kappa shape index (κ2) is 8.33. The number of aliphatic hydroxyl groups is 1. The van der Waals surface area contributed by atoms with Crippen LogP contribution in [0.1, 0.15) is 22.7 Å². The van der Waals surface area contributed by atoms with Crippen LogP contribution in [0.15, 0.2) is 90.5 Å². The normalized spacial score (nSPS) is 18.0. The topological polar surface area (TPSA) is 57.6 Å². The first-order valence-electron chi connectivity index (χ1n) is 9.69. The van der Waals surface area contributed by atoms with E-state index in [0.29, 0.717) is 18.5 Å². The predicted molar refractivity (Wildman–Crippen MR) is 112 cm³/mol. The zero-order valence-electron chi connectivity index (χ0n) is 16.2. The van der Waals surface area contributed by atoms with E-state index in [1.54, 1.807) is 0 Å². The highest BCUT2D eigenvalue weighted by molar-refractivity contribution is 6.46. The van der Waals surface area contributed by atoms with Crippen molar-refractivity contribution in [3.05, 3.63) is 113 Å². The van der Waals surface area contributed by atoms with Crippen LogP contribution in [0.2, 0.25) is 0 Å². The Kier molecular flexibility index (Phi) is 5.44. The van der Waals surface area contributed by atoms with Crippen molar-refractivity contribution < 1.29 is 19.1 Å². The van der Waals surface area contributed by atoms with Crippen LogP contribution < -0.4 is 0 Å². The van der Waals surface area contributed by atoms with Crippen LogP contribution in [0.3, 0.4) is 0 Å². The zero-order valence-corrected chi connectivity index (χ0v) is 16.2. The molecular weight excluding hydrogens is 381 g/mol. The van der Waals surface area contributed by atoms with Gasteiger partial charge in [-0.2, -0.15) is 0 Å². The van der Waals surface area contributed by atoms with Crippen LogP contribution in [0.5, 0.6) is 0 Å². The molecule has 0 saturated carbocycles. The number of Topliss-reactive ketones (excluding diaryl/α,β-unsaturated/α-hetero) is 1. The number of nitrogens with zero attached hydrogens (tertiary/aromatic N) is 1. The number of likely N-dealkylation sites (tertiary alicyclic amines) is 1. The van der Waals surface area contributed by atoms with Gasteiger partial charge in [0.15, 0.2) is 0 Å². The molecule has 4 rings (SSSR count). The van der Waals surface area contributed by atoms with Gasteiger partial charge < -0.3 is 10.0 Å². The van der Waals surface area contributed by atoms with Gasteiger partial charge in [0.25, 0.3) is 11.7 Å². The Morgan fingerprint density at radius 2 is 1.47 bits per heavy atom. The Labute approximate surface area is 173 Å². The van der Waals surface area contributed by atoms with Gasteiger partial charge in [0.2, 0.25) is 0 Å². The van der Waals surface area contributed by atoms with E-state index in [2.05, 4.69) is 0 Å². The highest BCUT2D eigenvalue weighted by Gasteiger charge is 2.45. The van der Waals surface area contributed by atoms with Gasteiger partial charge in [-0.15, -0.1) is 0 Å². The largest absolute Gasteiger partial charge is 0.507 e. The minimum absolute atomic E-state index is 0.0193. The molecule has 1 atom stereocenters. The fourth-order valence-corrected chi connectivity index (χ4v) is 3.75. The highest BCUT2D eigenvalue weighted by Crippen LogP contribution is 2.39. The van der Waals surface area contributed by atoms with Crippen molar-refractivity contribution in [2.24, 2.45) is 0 Å². The van der Waals surface area contributed by atoms with Crippen LogP contribution in [-0.2, 0) is 16.0 Å². The highest BCUT2D eigenvalue weighted by atomic mass is 19.1. The van der Waals surface area contributed by atoms with E-state index in [1.807, 2.05) is 60.7 Å². The number of hydrogen-bond acceptors (Lipinski definition) is 3. The van der Waals surface area contributed by atoms with Crippen molar-refractivity contribution in [3.63, 3.8) is 0 Å². The predicted octanol–water partition coefficient (Wildman–Crippen LogP) is 4.49. The number of rotatable bonds is 5.